The third-order valence-corrected chi connectivity index (χ3v) is 6.60. The number of aromatic nitrogens is 1. The van der Waals surface area contributed by atoms with Gasteiger partial charge in [-0.15, -0.1) is 0 Å². The van der Waals surface area contributed by atoms with Crippen molar-refractivity contribution in [3.05, 3.63) is 45.8 Å². The number of fused-ring (bicyclic) bond motifs is 2. The number of hydrogen-bond donors (Lipinski definition) is 1. The minimum absolute atomic E-state index is 0.0994. The summed E-state index contributed by atoms with van der Waals surface area (Å²) in [6.07, 6.45) is 6.40. The van der Waals surface area contributed by atoms with Crippen molar-refractivity contribution in [3.63, 3.8) is 0 Å². The highest BCUT2D eigenvalue weighted by Gasteiger charge is 2.52. The van der Waals surface area contributed by atoms with Crippen LogP contribution in [-0.2, 0) is 45.6 Å². The molecule has 0 saturated carbocycles. The maximum absolute atomic E-state index is 13.2. The second-order valence-corrected chi connectivity index (χ2v) is 9.63. The number of nitrogens with zero attached hydrogens (tertiary/aromatic N) is 2. The molecule has 0 bridgehead atoms. The molecule has 170 valence electrons. The molecule has 0 spiro atoms. The molecule has 0 fully saturated rings. The van der Waals surface area contributed by atoms with Gasteiger partial charge in [-0.25, -0.2) is 9.79 Å². The van der Waals surface area contributed by atoms with Crippen molar-refractivity contribution < 1.29 is 18.8 Å². The second kappa shape index (κ2) is 7.94. The van der Waals surface area contributed by atoms with E-state index in [9.17, 15) is 4.79 Å². The van der Waals surface area contributed by atoms with Gasteiger partial charge in [0.15, 0.2) is 0 Å². The van der Waals surface area contributed by atoms with Gasteiger partial charge in [0.2, 0.25) is 0 Å². The van der Waals surface area contributed by atoms with Crippen LogP contribution < -0.4 is 5.32 Å². The first-order chi connectivity index (χ1) is 15.4. The fourth-order valence-electron chi connectivity index (χ4n) is 4.96. The SMILES string of the molecule is CC(C)OC(=O)C1(c2cc(C(C)C)on2)CN=C(Nc2c3c(cc4c2CCC4)CCC3)O1. The van der Waals surface area contributed by atoms with Gasteiger partial charge in [-0.3, -0.25) is 0 Å². The average Bonchev–Trinajstić information content (AvgIpc) is 3.52. The highest BCUT2D eigenvalue weighted by molar-refractivity contribution is 5.96. The van der Waals surface area contributed by atoms with E-state index in [2.05, 4.69) is 21.5 Å². The summed E-state index contributed by atoms with van der Waals surface area (Å²) in [7, 11) is 0. The molecule has 0 radical (unpaired) electrons. The summed E-state index contributed by atoms with van der Waals surface area (Å²) in [6.45, 7) is 7.76. The summed E-state index contributed by atoms with van der Waals surface area (Å²) < 4.78 is 17.3. The van der Waals surface area contributed by atoms with E-state index in [0.717, 1.165) is 31.4 Å². The molecule has 1 aromatic carbocycles. The molecule has 7 nitrogen and oxygen atoms in total. The third-order valence-electron chi connectivity index (χ3n) is 6.60. The number of ether oxygens (including phenoxy) is 2. The molecule has 1 atom stereocenters. The lowest BCUT2D eigenvalue weighted by molar-refractivity contribution is -0.166. The van der Waals surface area contributed by atoms with Crippen LogP contribution in [0.5, 0.6) is 0 Å². The van der Waals surface area contributed by atoms with E-state index in [1.165, 1.54) is 35.1 Å². The van der Waals surface area contributed by atoms with E-state index >= 15 is 0 Å². The highest BCUT2D eigenvalue weighted by Crippen LogP contribution is 2.40. The first-order valence-corrected chi connectivity index (χ1v) is 11.7. The number of benzene rings is 1. The Bertz CT molecular complexity index is 1050. The van der Waals surface area contributed by atoms with Crippen molar-refractivity contribution >= 4 is 17.7 Å². The first kappa shape index (κ1) is 21.0. The molecule has 2 aromatic rings. The number of hydrogen-bond acceptors (Lipinski definition) is 7. The van der Waals surface area contributed by atoms with Crippen LogP contribution in [0.1, 0.15) is 80.2 Å². The predicted molar refractivity (Wildman–Crippen MR) is 121 cm³/mol. The number of rotatable bonds is 5. The number of aryl methyl sites for hydroxylation is 2. The number of anilines is 1. The lowest BCUT2D eigenvalue weighted by Crippen LogP contribution is -2.43. The molecular weight excluding hydrogens is 406 g/mol. The zero-order valence-corrected chi connectivity index (χ0v) is 19.3. The smallest absolute Gasteiger partial charge is 0.359 e. The molecular formula is C25H31N3O4. The van der Waals surface area contributed by atoms with Crippen molar-refractivity contribution in [2.45, 2.75) is 83.8 Å². The van der Waals surface area contributed by atoms with Gasteiger partial charge in [-0.05, 0) is 74.6 Å². The van der Waals surface area contributed by atoms with Crippen LogP contribution >= 0.6 is 0 Å². The molecule has 1 N–H and O–H groups in total. The van der Waals surface area contributed by atoms with Crippen LogP contribution in [-0.4, -0.2) is 29.8 Å². The van der Waals surface area contributed by atoms with Gasteiger partial charge < -0.3 is 19.3 Å². The summed E-state index contributed by atoms with van der Waals surface area (Å²) in [6, 6.07) is 4.51. The quantitative estimate of drug-likeness (QED) is 0.697. The van der Waals surface area contributed by atoms with Crippen LogP contribution in [0, 0.1) is 0 Å². The maximum Gasteiger partial charge on any atom is 0.359 e. The van der Waals surface area contributed by atoms with Crippen molar-refractivity contribution in [1.29, 1.82) is 0 Å². The summed E-state index contributed by atoms with van der Waals surface area (Å²) in [5.74, 6) is 0.337. The fourth-order valence-corrected chi connectivity index (χ4v) is 4.96. The Morgan fingerprint density at radius 3 is 2.34 bits per heavy atom. The monoisotopic (exact) mass is 437 g/mol. The number of carbonyl (C=O) groups excluding carboxylic acids is 1. The number of amidine groups is 1. The zero-order chi connectivity index (χ0) is 22.5. The topological polar surface area (TPSA) is 86.0 Å². The predicted octanol–water partition coefficient (Wildman–Crippen LogP) is 4.42. The summed E-state index contributed by atoms with van der Waals surface area (Å²) in [5.41, 5.74) is 5.67. The van der Waals surface area contributed by atoms with E-state index in [1.54, 1.807) is 6.07 Å². The summed E-state index contributed by atoms with van der Waals surface area (Å²) in [4.78, 5) is 17.8. The largest absolute Gasteiger partial charge is 0.460 e. The van der Waals surface area contributed by atoms with Crippen LogP contribution in [0.15, 0.2) is 21.6 Å². The van der Waals surface area contributed by atoms with E-state index in [1.807, 2.05) is 27.7 Å². The van der Waals surface area contributed by atoms with Gasteiger partial charge in [0.05, 0.1) is 6.10 Å². The maximum atomic E-state index is 13.2. The Balaban J connectivity index is 1.46. The van der Waals surface area contributed by atoms with Gasteiger partial charge >= 0.3 is 5.97 Å². The Morgan fingerprint density at radius 2 is 1.75 bits per heavy atom. The number of carbonyl (C=O) groups is 1. The van der Waals surface area contributed by atoms with Gasteiger partial charge in [0, 0.05) is 17.7 Å². The lowest BCUT2D eigenvalue weighted by Gasteiger charge is -2.25. The van der Waals surface area contributed by atoms with Crippen LogP contribution in [0.3, 0.4) is 0 Å². The van der Waals surface area contributed by atoms with Gasteiger partial charge in [-0.1, -0.05) is 25.1 Å². The summed E-state index contributed by atoms with van der Waals surface area (Å²) in [5, 5.41) is 7.64. The fraction of sp³-hybridized carbons (Fsp3) is 0.560. The van der Waals surface area contributed by atoms with Gasteiger partial charge in [-0.2, -0.15) is 0 Å². The second-order valence-electron chi connectivity index (χ2n) is 9.63. The molecule has 1 unspecified atom stereocenters. The molecule has 5 rings (SSSR count). The van der Waals surface area contributed by atoms with Crippen molar-refractivity contribution in [2.24, 2.45) is 4.99 Å². The number of esters is 1. The van der Waals surface area contributed by atoms with Crippen molar-refractivity contribution in [3.8, 4) is 0 Å². The van der Waals surface area contributed by atoms with Gasteiger partial charge in [0.1, 0.15) is 18.0 Å². The molecule has 2 heterocycles. The standard InChI is InChI=1S/C25H31N3O4/c1-14(2)20-12-21(28-32-20)25(23(29)30-15(3)4)13-26-24(31-25)27-22-18-9-5-7-16(18)11-17-8-6-10-19(17)22/h11-12,14-15H,5-10,13H2,1-4H3,(H,26,27). The molecule has 1 aliphatic heterocycles. The number of aliphatic imine (C=N–C) groups is 1. The zero-order valence-electron chi connectivity index (χ0n) is 19.3. The Morgan fingerprint density at radius 1 is 1.06 bits per heavy atom. The van der Waals surface area contributed by atoms with E-state index in [4.69, 9.17) is 14.0 Å². The van der Waals surface area contributed by atoms with Crippen LogP contribution in [0.25, 0.3) is 0 Å². The van der Waals surface area contributed by atoms with Crippen LogP contribution in [0.4, 0.5) is 5.69 Å². The molecule has 3 aliphatic rings. The van der Waals surface area contributed by atoms with Gasteiger partial charge in [0.25, 0.3) is 11.6 Å². The highest BCUT2D eigenvalue weighted by atomic mass is 16.6. The van der Waals surface area contributed by atoms with E-state index < -0.39 is 11.6 Å². The molecule has 0 amide bonds. The van der Waals surface area contributed by atoms with Crippen molar-refractivity contribution in [2.75, 3.05) is 11.9 Å². The molecule has 32 heavy (non-hydrogen) atoms. The van der Waals surface area contributed by atoms with Crippen molar-refractivity contribution in [1.82, 2.24) is 5.16 Å². The molecule has 2 aliphatic carbocycles. The molecule has 0 saturated heterocycles. The minimum atomic E-state index is -1.44. The molecule has 1 aromatic heterocycles. The van der Waals surface area contributed by atoms with E-state index in [-0.39, 0.29) is 18.6 Å². The van der Waals surface area contributed by atoms with E-state index in [0.29, 0.717) is 17.5 Å². The minimum Gasteiger partial charge on any atom is -0.460 e. The Hall–Kier alpha value is -2.83. The number of nitrogens with one attached hydrogen (secondary N) is 1. The average molecular weight is 438 g/mol. The molecule has 7 heteroatoms. The normalized spacial score (nSPS) is 21.5. The third kappa shape index (κ3) is 3.48. The lowest BCUT2D eigenvalue weighted by atomic mass is 9.98. The Labute approximate surface area is 188 Å². The summed E-state index contributed by atoms with van der Waals surface area (Å²) >= 11 is 0. The Kier molecular flexibility index (Phi) is 5.22. The first-order valence-electron chi connectivity index (χ1n) is 11.7. The van der Waals surface area contributed by atoms with Crippen LogP contribution in [0.2, 0.25) is 0 Å².